The lowest BCUT2D eigenvalue weighted by molar-refractivity contribution is -0.384. The number of nitro benzene ring substituents is 1. The SMILES string of the molecule is CN1CCN(S(=O)(=O)c2ccc(NCc3cccc4cccnc34)c([N+](=O)[O-])c2)CC1. The highest BCUT2D eigenvalue weighted by Gasteiger charge is 2.29. The Kier molecular flexibility index (Phi) is 5.86. The van der Waals surface area contributed by atoms with Crippen LogP contribution >= 0.6 is 0 Å². The van der Waals surface area contributed by atoms with Crippen molar-refractivity contribution < 1.29 is 13.3 Å². The Morgan fingerprint density at radius 3 is 2.58 bits per heavy atom. The molecule has 0 unspecified atom stereocenters. The molecule has 0 aliphatic carbocycles. The first-order chi connectivity index (χ1) is 14.9. The van der Waals surface area contributed by atoms with E-state index in [1.807, 2.05) is 42.3 Å². The lowest BCUT2D eigenvalue weighted by atomic mass is 10.1. The number of likely N-dealkylation sites (N-methyl/N-ethyl adjacent to an activating group) is 1. The van der Waals surface area contributed by atoms with Crippen LogP contribution in [0.3, 0.4) is 0 Å². The van der Waals surface area contributed by atoms with Crippen molar-refractivity contribution in [1.29, 1.82) is 0 Å². The fraction of sp³-hybridized carbons (Fsp3) is 0.286. The number of aromatic nitrogens is 1. The molecule has 0 saturated carbocycles. The monoisotopic (exact) mass is 441 g/mol. The Hall–Kier alpha value is -3.08. The zero-order valence-electron chi connectivity index (χ0n) is 17.1. The number of rotatable bonds is 6. The van der Waals surface area contributed by atoms with Crippen LogP contribution in [-0.4, -0.2) is 60.8 Å². The third kappa shape index (κ3) is 4.36. The summed E-state index contributed by atoms with van der Waals surface area (Å²) in [7, 11) is -1.86. The number of hydrogen-bond acceptors (Lipinski definition) is 7. The van der Waals surface area contributed by atoms with Crippen LogP contribution in [0, 0.1) is 10.1 Å². The number of sulfonamides is 1. The van der Waals surface area contributed by atoms with Crippen LogP contribution in [0.1, 0.15) is 5.56 Å². The zero-order valence-corrected chi connectivity index (χ0v) is 17.9. The van der Waals surface area contributed by atoms with Gasteiger partial charge in [-0.2, -0.15) is 4.31 Å². The van der Waals surface area contributed by atoms with Crippen molar-refractivity contribution in [3.63, 3.8) is 0 Å². The minimum Gasteiger partial charge on any atom is -0.375 e. The van der Waals surface area contributed by atoms with Crippen LogP contribution in [-0.2, 0) is 16.6 Å². The molecule has 4 rings (SSSR count). The van der Waals surface area contributed by atoms with Gasteiger partial charge in [0.25, 0.3) is 5.69 Å². The third-order valence-electron chi connectivity index (χ3n) is 5.45. The van der Waals surface area contributed by atoms with Gasteiger partial charge in [0.2, 0.25) is 10.0 Å². The number of piperazine rings is 1. The molecule has 1 aliphatic heterocycles. The molecule has 2 heterocycles. The standard InChI is InChI=1S/C21H23N5O4S/c1-24-10-12-25(13-11-24)31(29,30)18-7-8-19(20(14-18)26(27)28)23-15-17-5-2-4-16-6-3-9-22-21(16)17/h2-9,14,23H,10-13,15H2,1H3. The number of nitro groups is 1. The Bertz CT molecular complexity index is 1220. The normalized spacial score (nSPS) is 15.8. The summed E-state index contributed by atoms with van der Waals surface area (Å²) in [6.45, 7) is 2.29. The lowest BCUT2D eigenvalue weighted by Gasteiger charge is -2.31. The number of anilines is 1. The number of para-hydroxylation sites is 1. The summed E-state index contributed by atoms with van der Waals surface area (Å²) in [5.41, 5.74) is 1.69. The van der Waals surface area contributed by atoms with Crippen molar-refractivity contribution >= 4 is 32.3 Å². The number of benzene rings is 2. The molecule has 0 amide bonds. The van der Waals surface area contributed by atoms with E-state index in [0.717, 1.165) is 22.5 Å². The Balaban J connectivity index is 1.60. The summed E-state index contributed by atoms with van der Waals surface area (Å²) < 4.78 is 27.3. The summed E-state index contributed by atoms with van der Waals surface area (Å²) in [6.07, 6.45) is 1.70. The van der Waals surface area contributed by atoms with Gasteiger partial charge in [0.05, 0.1) is 15.3 Å². The molecular weight excluding hydrogens is 418 g/mol. The van der Waals surface area contributed by atoms with Crippen molar-refractivity contribution in [2.45, 2.75) is 11.4 Å². The van der Waals surface area contributed by atoms with E-state index in [2.05, 4.69) is 10.3 Å². The predicted octanol–water partition coefficient (Wildman–Crippen LogP) is 2.69. The Morgan fingerprint density at radius 1 is 1.10 bits per heavy atom. The Morgan fingerprint density at radius 2 is 1.84 bits per heavy atom. The molecule has 1 N–H and O–H groups in total. The zero-order chi connectivity index (χ0) is 22.0. The van der Waals surface area contributed by atoms with E-state index < -0.39 is 14.9 Å². The molecule has 3 aromatic rings. The number of fused-ring (bicyclic) bond motifs is 1. The first kappa shape index (κ1) is 21.2. The van der Waals surface area contributed by atoms with Gasteiger partial charge in [-0.05, 0) is 30.8 Å². The molecule has 31 heavy (non-hydrogen) atoms. The first-order valence-corrected chi connectivity index (χ1v) is 11.3. The minimum absolute atomic E-state index is 0.0684. The average Bonchev–Trinajstić information content (AvgIpc) is 2.77. The molecule has 0 radical (unpaired) electrons. The average molecular weight is 442 g/mol. The van der Waals surface area contributed by atoms with Gasteiger partial charge in [0, 0.05) is 50.4 Å². The molecule has 1 fully saturated rings. The van der Waals surface area contributed by atoms with E-state index in [0.29, 0.717) is 32.7 Å². The van der Waals surface area contributed by atoms with E-state index in [-0.39, 0.29) is 16.3 Å². The van der Waals surface area contributed by atoms with Gasteiger partial charge in [-0.25, -0.2) is 8.42 Å². The van der Waals surface area contributed by atoms with Gasteiger partial charge in [-0.15, -0.1) is 0 Å². The van der Waals surface area contributed by atoms with Crippen molar-refractivity contribution in [1.82, 2.24) is 14.2 Å². The highest BCUT2D eigenvalue weighted by molar-refractivity contribution is 7.89. The molecule has 162 valence electrons. The van der Waals surface area contributed by atoms with Crippen LogP contribution in [0.5, 0.6) is 0 Å². The van der Waals surface area contributed by atoms with Gasteiger partial charge in [-0.1, -0.05) is 24.3 Å². The molecule has 9 nitrogen and oxygen atoms in total. The fourth-order valence-corrected chi connectivity index (χ4v) is 5.09. The number of pyridine rings is 1. The van der Waals surface area contributed by atoms with E-state index in [9.17, 15) is 18.5 Å². The second-order valence-electron chi connectivity index (χ2n) is 7.49. The lowest BCUT2D eigenvalue weighted by Crippen LogP contribution is -2.47. The maximum absolute atomic E-state index is 13.0. The summed E-state index contributed by atoms with van der Waals surface area (Å²) in [5, 5.41) is 15.7. The van der Waals surface area contributed by atoms with E-state index >= 15 is 0 Å². The highest BCUT2D eigenvalue weighted by Crippen LogP contribution is 2.30. The van der Waals surface area contributed by atoms with Crippen molar-refractivity contribution in [2.75, 3.05) is 38.5 Å². The van der Waals surface area contributed by atoms with Crippen molar-refractivity contribution in [3.8, 4) is 0 Å². The fourth-order valence-electron chi connectivity index (χ4n) is 3.65. The molecule has 0 bridgehead atoms. The van der Waals surface area contributed by atoms with Gasteiger partial charge in [0.1, 0.15) is 5.69 Å². The molecular formula is C21H23N5O4S. The van der Waals surface area contributed by atoms with Gasteiger partial charge in [-0.3, -0.25) is 15.1 Å². The van der Waals surface area contributed by atoms with Gasteiger partial charge in [0.15, 0.2) is 0 Å². The van der Waals surface area contributed by atoms with Gasteiger partial charge < -0.3 is 10.2 Å². The summed E-state index contributed by atoms with van der Waals surface area (Å²) in [6, 6.07) is 13.6. The van der Waals surface area contributed by atoms with E-state index in [1.165, 1.54) is 16.4 Å². The van der Waals surface area contributed by atoms with Gasteiger partial charge >= 0.3 is 0 Å². The molecule has 1 saturated heterocycles. The molecule has 0 spiro atoms. The number of hydrogen-bond donors (Lipinski definition) is 1. The maximum atomic E-state index is 13.0. The van der Waals surface area contributed by atoms with Crippen molar-refractivity contribution in [2.24, 2.45) is 0 Å². The van der Waals surface area contributed by atoms with Crippen LogP contribution in [0.25, 0.3) is 10.9 Å². The predicted molar refractivity (Wildman–Crippen MR) is 118 cm³/mol. The van der Waals surface area contributed by atoms with E-state index in [1.54, 1.807) is 6.20 Å². The van der Waals surface area contributed by atoms with Crippen LogP contribution in [0.4, 0.5) is 11.4 Å². The summed E-state index contributed by atoms with van der Waals surface area (Å²) >= 11 is 0. The first-order valence-electron chi connectivity index (χ1n) is 9.90. The molecule has 2 aromatic carbocycles. The molecule has 1 aromatic heterocycles. The molecule has 0 atom stereocenters. The van der Waals surface area contributed by atoms with Crippen LogP contribution in [0.15, 0.2) is 59.6 Å². The number of nitrogens with zero attached hydrogens (tertiary/aromatic N) is 4. The Labute approximate surface area is 180 Å². The van der Waals surface area contributed by atoms with Crippen LogP contribution in [0.2, 0.25) is 0 Å². The highest BCUT2D eigenvalue weighted by atomic mass is 32.2. The summed E-state index contributed by atoms with van der Waals surface area (Å²) in [5.74, 6) is 0. The second kappa shape index (κ2) is 8.58. The van der Waals surface area contributed by atoms with Crippen LogP contribution < -0.4 is 5.32 Å². The topological polar surface area (TPSA) is 109 Å². The smallest absolute Gasteiger partial charge is 0.293 e. The summed E-state index contributed by atoms with van der Waals surface area (Å²) in [4.78, 5) is 17.5. The number of nitrogens with one attached hydrogen (secondary N) is 1. The third-order valence-corrected chi connectivity index (χ3v) is 7.35. The maximum Gasteiger partial charge on any atom is 0.293 e. The van der Waals surface area contributed by atoms with Crippen molar-refractivity contribution in [3.05, 3.63) is 70.4 Å². The molecule has 1 aliphatic rings. The largest absolute Gasteiger partial charge is 0.375 e. The molecule has 10 heteroatoms. The quantitative estimate of drug-likeness (QED) is 0.463. The second-order valence-corrected chi connectivity index (χ2v) is 9.43. The minimum atomic E-state index is -3.79. The van der Waals surface area contributed by atoms with E-state index in [4.69, 9.17) is 0 Å².